The van der Waals surface area contributed by atoms with Crippen LogP contribution in [-0.4, -0.2) is 78.8 Å². The van der Waals surface area contributed by atoms with E-state index >= 15 is 0 Å². The fourth-order valence-corrected chi connectivity index (χ4v) is 4.41. The van der Waals surface area contributed by atoms with Crippen LogP contribution in [0.15, 0.2) is 48.8 Å². The van der Waals surface area contributed by atoms with Gasteiger partial charge in [-0.1, -0.05) is 12.1 Å². The quantitative estimate of drug-likeness (QED) is 0.353. The lowest BCUT2D eigenvalue weighted by atomic mass is 9.86. The first kappa shape index (κ1) is 22.1. The van der Waals surface area contributed by atoms with Crippen LogP contribution in [0.4, 0.5) is 0 Å². The lowest BCUT2D eigenvalue weighted by Gasteiger charge is -2.30. The summed E-state index contributed by atoms with van der Waals surface area (Å²) in [5, 5.41) is 0. The first-order valence-corrected chi connectivity index (χ1v) is 10.8. The van der Waals surface area contributed by atoms with Gasteiger partial charge in [-0.2, -0.15) is 0 Å². The van der Waals surface area contributed by atoms with E-state index in [1.165, 1.54) is 7.11 Å². The van der Waals surface area contributed by atoms with Gasteiger partial charge in [0.2, 0.25) is 5.78 Å². The van der Waals surface area contributed by atoms with Crippen molar-refractivity contribution >= 4 is 17.5 Å². The zero-order chi connectivity index (χ0) is 22.5. The van der Waals surface area contributed by atoms with Gasteiger partial charge in [-0.15, -0.1) is 0 Å². The number of hydrogen-bond donors (Lipinski definition) is 0. The molecule has 32 heavy (non-hydrogen) atoms. The van der Waals surface area contributed by atoms with Crippen molar-refractivity contribution < 1.29 is 23.9 Å². The largest absolute Gasteiger partial charge is 0.497 e. The van der Waals surface area contributed by atoms with E-state index in [-0.39, 0.29) is 5.78 Å². The third-order valence-electron chi connectivity index (χ3n) is 6.07. The van der Waals surface area contributed by atoms with Gasteiger partial charge in [0.1, 0.15) is 11.7 Å². The third-order valence-corrected chi connectivity index (χ3v) is 6.07. The molecule has 0 bridgehead atoms. The molecule has 0 radical (unpaired) electrons. The number of carbonyl (C=O) groups is 3. The maximum Gasteiger partial charge on any atom is 0.291 e. The van der Waals surface area contributed by atoms with Crippen molar-refractivity contribution in [3.8, 4) is 5.75 Å². The van der Waals surface area contributed by atoms with Gasteiger partial charge in [-0.05, 0) is 36.2 Å². The summed E-state index contributed by atoms with van der Waals surface area (Å²) in [6.07, 6.45) is 3.93. The van der Waals surface area contributed by atoms with Crippen LogP contribution < -0.4 is 4.74 Å². The number of likely N-dealkylation sites (tertiary alicyclic amines) is 1. The van der Waals surface area contributed by atoms with Crippen LogP contribution in [0.3, 0.4) is 0 Å². The zero-order valence-electron chi connectivity index (χ0n) is 18.1. The van der Waals surface area contributed by atoms with Crippen molar-refractivity contribution in [2.45, 2.75) is 12.5 Å². The number of ketones is 2. The highest BCUT2D eigenvalue weighted by Crippen LogP contribution is 2.38. The van der Waals surface area contributed by atoms with Gasteiger partial charge in [-0.25, -0.2) is 0 Å². The van der Waals surface area contributed by atoms with Gasteiger partial charge >= 0.3 is 0 Å². The van der Waals surface area contributed by atoms with E-state index < -0.39 is 23.7 Å². The lowest BCUT2D eigenvalue weighted by molar-refractivity contribution is -0.140. The normalized spacial score (nSPS) is 21.7. The number of aromatic nitrogens is 1. The number of methoxy groups -OCH3 is 1. The van der Waals surface area contributed by atoms with Crippen molar-refractivity contribution in [3.63, 3.8) is 0 Å². The van der Waals surface area contributed by atoms with Gasteiger partial charge in [0.05, 0.1) is 26.4 Å². The van der Waals surface area contributed by atoms with Gasteiger partial charge in [0.15, 0.2) is 5.78 Å². The van der Waals surface area contributed by atoms with E-state index in [4.69, 9.17) is 9.47 Å². The molecule has 1 amide bonds. The molecular weight excluding hydrogens is 410 g/mol. The summed E-state index contributed by atoms with van der Waals surface area (Å²) in [6.45, 7) is 4.33. The SMILES string of the molecule is COc1cccc(C(=O)C2C(=O)C(=O)N(CCCN3CCOCC3)C2c2ccncc2)c1. The number of rotatable bonds is 8. The van der Waals surface area contributed by atoms with E-state index in [2.05, 4.69) is 9.88 Å². The number of morpholine rings is 1. The van der Waals surface area contributed by atoms with E-state index in [9.17, 15) is 14.4 Å². The average Bonchev–Trinajstić information content (AvgIpc) is 3.10. The number of Topliss-reactive ketones (excluding diaryl/α,β-unsaturated/α-hetero) is 2. The molecule has 8 heteroatoms. The minimum absolute atomic E-state index is 0.352. The number of carbonyl (C=O) groups excluding carboxylic acids is 3. The Labute approximate surface area is 187 Å². The van der Waals surface area contributed by atoms with Crippen LogP contribution in [0.2, 0.25) is 0 Å². The maximum atomic E-state index is 13.4. The topological polar surface area (TPSA) is 89.0 Å². The summed E-state index contributed by atoms with van der Waals surface area (Å²) in [6, 6.07) is 9.56. The molecule has 168 valence electrons. The number of hydrogen-bond acceptors (Lipinski definition) is 7. The maximum absolute atomic E-state index is 13.4. The Morgan fingerprint density at radius 2 is 1.88 bits per heavy atom. The summed E-state index contributed by atoms with van der Waals surface area (Å²) in [7, 11) is 1.52. The molecule has 0 aliphatic carbocycles. The van der Waals surface area contributed by atoms with Crippen LogP contribution in [0.1, 0.15) is 28.4 Å². The van der Waals surface area contributed by atoms with Crippen molar-refractivity contribution in [1.29, 1.82) is 0 Å². The van der Waals surface area contributed by atoms with E-state index in [0.717, 1.165) is 25.2 Å². The first-order chi connectivity index (χ1) is 15.6. The smallest absolute Gasteiger partial charge is 0.291 e. The van der Waals surface area contributed by atoms with Crippen molar-refractivity contribution in [1.82, 2.24) is 14.8 Å². The summed E-state index contributed by atoms with van der Waals surface area (Å²) in [5.74, 6) is -2.21. The molecule has 0 saturated carbocycles. The second-order valence-electron chi connectivity index (χ2n) is 7.97. The Bertz CT molecular complexity index is 975. The van der Waals surface area contributed by atoms with Crippen LogP contribution in [0.25, 0.3) is 0 Å². The van der Waals surface area contributed by atoms with E-state index in [0.29, 0.717) is 37.5 Å². The third kappa shape index (κ3) is 4.56. The van der Waals surface area contributed by atoms with Crippen molar-refractivity contribution in [3.05, 3.63) is 59.9 Å². The predicted molar refractivity (Wildman–Crippen MR) is 116 cm³/mol. The number of amides is 1. The van der Waals surface area contributed by atoms with Gasteiger partial charge in [0.25, 0.3) is 5.91 Å². The molecule has 1 aromatic heterocycles. The Balaban J connectivity index is 1.59. The number of benzene rings is 1. The highest BCUT2D eigenvalue weighted by Gasteiger charge is 2.51. The zero-order valence-corrected chi connectivity index (χ0v) is 18.1. The minimum atomic E-state index is -1.10. The van der Waals surface area contributed by atoms with E-state index in [1.54, 1.807) is 53.7 Å². The van der Waals surface area contributed by atoms with Crippen LogP contribution in [-0.2, 0) is 14.3 Å². The van der Waals surface area contributed by atoms with Gasteiger partial charge < -0.3 is 14.4 Å². The van der Waals surface area contributed by atoms with Crippen molar-refractivity contribution in [2.24, 2.45) is 5.92 Å². The van der Waals surface area contributed by atoms with Crippen molar-refractivity contribution in [2.75, 3.05) is 46.5 Å². The molecular formula is C24H27N3O5. The van der Waals surface area contributed by atoms with Crippen LogP contribution >= 0.6 is 0 Å². The standard InChI is InChI=1S/C24H27N3O5/c1-31-19-5-2-4-18(16-19)22(28)20-21(17-6-8-25-9-7-17)27(24(30)23(20)29)11-3-10-26-12-14-32-15-13-26/h2,4-9,16,20-21H,3,10-15H2,1H3. The number of ether oxygens (including phenoxy) is 2. The monoisotopic (exact) mass is 437 g/mol. The minimum Gasteiger partial charge on any atom is -0.497 e. The molecule has 2 unspecified atom stereocenters. The Kier molecular flexibility index (Phi) is 6.92. The predicted octanol–water partition coefficient (Wildman–Crippen LogP) is 1.76. The molecule has 4 rings (SSSR count). The molecule has 2 saturated heterocycles. The summed E-state index contributed by atoms with van der Waals surface area (Å²) in [4.78, 5) is 47.4. The Hall–Kier alpha value is -3.10. The second-order valence-corrected chi connectivity index (χ2v) is 7.97. The molecule has 3 heterocycles. The van der Waals surface area contributed by atoms with Gasteiger partial charge in [0, 0.05) is 44.1 Å². The fourth-order valence-electron chi connectivity index (χ4n) is 4.41. The van der Waals surface area contributed by atoms with Gasteiger partial charge in [-0.3, -0.25) is 24.3 Å². The summed E-state index contributed by atoms with van der Waals surface area (Å²) < 4.78 is 10.6. The highest BCUT2D eigenvalue weighted by atomic mass is 16.5. The molecule has 2 atom stereocenters. The Morgan fingerprint density at radius 3 is 2.59 bits per heavy atom. The molecule has 8 nitrogen and oxygen atoms in total. The van der Waals surface area contributed by atoms with Crippen LogP contribution in [0, 0.1) is 5.92 Å². The first-order valence-electron chi connectivity index (χ1n) is 10.8. The van der Waals surface area contributed by atoms with Crippen LogP contribution in [0.5, 0.6) is 5.75 Å². The number of pyridine rings is 1. The summed E-state index contributed by atoms with van der Waals surface area (Å²) in [5.41, 5.74) is 1.08. The molecule has 0 N–H and O–H groups in total. The summed E-state index contributed by atoms with van der Waals surface area (Å²) >= 11 is 0. The second kappa shape index (κ2) is 10.0. The molecule has 2 aliphatic rings. The highest BCUT2D eigenvalue weighted by molar-refractivity contribution is 6.44. The molecule has 1 aromatic carbocycles. The molecule has 0 spiro atoms. The number of nitrogens with zero attached hydrogens (tertiary/aromatic N) is 3. The average molecular weight is 437 g/mol. The fraction of sp³-hybridized carbons (Fsp3) is 0.417. The molecule has 2 aromatic rings. The Morgan fingerprint density at radius 1 is 1.12 bits per heavy atom. The lowest BCUT2D eigenvalue weighted by Crippen LogP contribution is -2.39. The molecule has 2 fully saturated rings. The van der Waals surface area contributed by atoms with E-state index in [1.807, 2.05) is 0 Å². The molecule has 2 aliphatic heterocycles.